The van der Waals surface area contributed by atoms with E-state index >= 15 is 0 Å². The van der Waals surface area contributed by atoms with Gasteiger partial charge in [0, 0.05) is 16.7 Å². The van der Waals surface area contributed by atoms with E-state index < -0.39 is 18.1 Å². The fraction of sp³-hybridized carbons (Fsp3) is 0.316. The Hall–Kier alpha value is -1.40. The molecule has 2 aromatic rings. The van der Waals surface area contributed by atoms with Crippen LogP contribution in [0.2, 0.25) is 15.9 Å². The Morgan fingerprint density at radius 3 is 1.96 bits per heavy atom. The molecule has 0 saturated heterocycles. The second kappa shape index (κ2) is 10.7. The molecular formula is C19H18BCl2FO3. The molecular weight excluding hydrogens is 377 g/mol. The monoisotopic (exact) mass is 394 g/mol. The third-order valence-corrected chi connectivity index (χ3v) is 4.22. The van der Waals surface area contributed by atoms with Crippen molar-refractivity contribution in [2.45, 2.75) is 31.3 Å². The van der Waals surface area contributed by atoms with E-state index in [1.807, 2.05) is 12.1 Å². The molecule has 26 heavy (non-hydrogen) atoms. The van der Waals surface area contributed by atoms with Crippen molar-refractivity contribution >= 4 is 37.3 Å². The van der Waals surface area contributed by atoms with Crippen LogP contribution in [0, 0.1) is 0 Å². The minimum absolute atomic E-state index is 0.0438. The summed E-state index contributed by atoms with van der Waals surface area (Å²) in [4.78, 5) is 10.9. The van der Waals surface area contributed by atoms with Crippen LogP contribution in [0.5, 0.6) is 0 Å². The fourth-order valence-electron chi connectivity index (χ4n) is 2.29. The molecule has 3 atom stereocenters. The molecule has 0 aliphatic rings. The largest absolute Gasteiger partial charge is 0.377 e. The van der Waals surface area contributed by atoms with Gasteiger partial charge in [-0.1, -0.05) is 47.5 Å². The first kappa shape index (κ1) is 20.9. The van der Waals surface area contributed by atoms with Gasteiger partial charge in [0.15, 0.2) is 12.5 Å². The van der Waals surface area contributed by atoms with Gasteiger partial charge >= 0.3 is 0 Å². The van der Waals surface area contributed by atoms with Crippen LogP contribution in [0.3, 0.4) is 0 Å². The van der Waals surface area contributed by atoms with Crippen molar-refractivity contribution in [3.05, 3.63) is 69.7 Å². The van der Waals surface area contributed by atoms with Gasteiger partial charge in [-0.05, 0) is 41.2 Å². The van der Waals surface area contributed by atoms with Gasteiger partial charge in [0.05, 0.1) is 27.2 Å². The van der Waals surface area contributed by atoms with Gasteiger partial charge in [-0.3, -0.25) is 0 Å². The van der Waals surface area contributed by atoms with E-state index in [2.05, 4.69) is 0 Å². The predicted octanol–water partition coefficient (Wildman–Crippen LogP) is 4.59. The van der Waals surface area contributed by atoms with Crippen LogP contribution in [0.1, 0.15) is 11.1 Å². The summed E-state index contributed by atoms with van der Waals surface area (Å²) < 4.78 is 25.0. The van der Waals surface area contributed by atoms with Gasteiger partial charge in [-0.2, -0.15) is 0 Å². The van der Waals surface area contributed by atoms with E-state index in [4.69, 9.17) is 40.5 Å². The number of hydrogen-bond donors (Lipinski definition) is 0. The van der Waals surface area contributed by atoms with E-state index in [9.17, 15) is 9.18 Å². The lowest BCUT2D eigenvalue weighted by molar-refractivity contribution is -0.119. The molecule has 0 amide bonds. The van der Waals surface area contributed by atoms with Crippen molar-refractivity contribution < 1.29 is 18.7 Å². The molecule has 0 fully saturated rings. The highest BCUT2D eigenvalue weighted by Gasteiger charge is 2.27. The number of carbonyl (C=O) groups excluding carboxylic acids is 1. The summed E-state index contributed by atoms with van der Waals surface area (Å²) in [6, 6.07) is 14.1. The van der Waals surface area contributed by atoms with Gasteiger partial charge in [0.1, 0.15) is 0 Å². The Bertz CT molecular complexity index is 682. The zero-order chi connectivity index (χ0) is 18.9. The van der Waals surface area contributed by atoms with Crippen molar-refractivity contribution in [1.82, 2.24) is 0 Å². The normalized spacial score (nSPS) is 14.6. The van der Waals surface area contributed by atoms with Gasteiger partial charge in [-0.15, -0.1) is 0 Å². The SMILES string of the molecule is [B][C@@H](COCc1ccc(Cl)cc1)[C@@H](OCc1ccc(Cl)cc1)[C@H](F)C=O. The van der Waals surface area contributed by atoms with Crippen molar-refractivity contribution in [2.24, 2.45) is 0 Å². The van der Waals surface area contributed by atoms with Gasteiger partial charge < -0.3 is 14.3 Å². The molecule has 0 aliphatic heterocycles. The lowest BCUT2D eigenvalue weighted by Gasteiger charge is -2.25. The highest BCUT2D eigenvalue weighted by Crippen LogP contribution is 2.20. The number of alkyl halides is 1. The molecule has 2 aromatic carbocycles. The zero-order valence-corrected chi connectivity index (χ0v) is 15.5. The maximum atomic E-state index is 13.9. The zero-order valence-electron chi connectivity index (χ0n) is 14.0. The minimum Gasteiger partial charge on any atom is -0.377 e. The molecule has 0 bridgehead atoms. The number of hydrogen-bond acceptors (Lipinski definition) is 3. The first-order valence-corrected chi connectivity index (χ1v) is 8.78. The number of ether oxygens (including phenoxy) is 2. The van der Waals surface area contributed by atoms with E-state index in [-0.39, 0.29) is 19.5 Å². The molecule has 0 aromatic heterocycles. The van der Waals surface area contributed by atoms with E-state index in [1.54, 1.807) is 36.4 Å². The summed E-state index contributed by atoms with van der Waals surface area (Å²) in [6.07, 6.45) is -2.75. The molecule has 0 unspecified atom stereocenters. The number of halogens is 3. The summed E-state index contributed by atoms with van der Waals surface area (Å²) in [5.74, 6) is -0.796. The van der Waals surface area contributed by atoms with Crippen LogP contribution >= 0.6 is 23.2 Å². The first-order chi connectivity index (χ1) is 12.5. The van der Waals surface area contributed by atoms with Gasteiger partial charge in [0.25, 0.3) is 0 Å². The smallest absolute Gasteiger partial charge is 0.181 e. The second-order valence-corrected chi connectivity index (χ2v) is 6.66. The maximum absolute atomic E-state index is 13.9. The van der Waals surface area contributed by atoms with E-state index in [0.29, 0.717) is 16.7 Å². The molecule has 0 N–H and O–H groups in total. The fourth-order valence-corrected chi connectivity index (χ4v) is 2.54. The summed E-state index contributed by atoms with van der Waals surface area (Å²) in [6.45, 7) is 0.454. The summed E-state index contributed by atoms with van der Waals surface area (Å²) in [5.41, 5.74) is 1.71. The van der Waals surface area contributed by atoms with Crippen molar-refractivity contribution in [2.75, 3.05) is 6.61 Å². The van der Waals surface area contributed by atoms with Crippen LogP contribution in [0.4, 0.5) is 4.39 Å². The number of rotatable bonds is 10. The minimum atomic E-state index is -1.84. The Balaban J connectivity index is 1.86. The number of aldehydes is 1. The Kier molecular flexibility index (Phi) is 8.59. The first-order valence-electron chi connectivity index (χ1n) is 8.03. The molecule has 3 nitrogen and oxygen atoms in total. The molecule has 0 aliphatic carbocycles. The Morgan fingerprint density at radius 1 is 0.962 bits per heavy atom. The van der Waals surface area contributed by atoms with Crippen LogP contribution in [0.25, 0.3) is 0 Å². The van der Waals surface area contributed by atoms with Crippen molar-refractivity contribution in [3.8, 4) is 0 Å². The quantitative estimate of drug-likeness (QED) is 0.436. The van der Waals surface area contributed by atoms with E-state index in [1.165, 1.54) is 0 Å². The molecule has 2 radical (unpaired) electrons. The number of benzene rings is 2. The van der Waals surface area contributed by atoms with Crippen LogP contribution < -0.4 is 0 Å². The maximum Gasteiger partial charge on any atom is 0.181 e. The standard InChI is InChI=1S/C19H18BCl2FO3/c20-17(12-25-10-13-1-5-15(21)6-2-13)19(18(23)9-24)26-11-14-3-7-16(22)8-4-14/h1-9,17-19H,10-12H2/t17-,18+,19+/m0/s1. The van der Waals surface area contributed by atoms with Crippen molar-refractivity contribution in [1.29, 1.82) is 0 Å². The van der Waals surface area contributed by atoms with E-state index in [0.717, 1.165) is 11.1 Å². The lowest BCUT2D eigenvalue weighted by Crippen LogP contribution is -2.33. The molecule has 0 heterocycles. The third kappa shape index (κ3) is 6.73. The second-order valence-electron chi connectivity index (χ2n) is 5.79. The topological polar surface area (TPSA) is 35.5 Å². The van der Waals surface area contributed by atoms with Crippen molar-refractivity contribution in [3.63, 3.8) is 0 Å². The average molecular weight is 395 g/mol. The molecule has 2 rings (SSSR count). The summed E-state index contributed by atoms with van der Waals surface area (Å²) >= 11 is 11.6. The van der Waals surface area contributed by atoms with Crippen LogP contribution in [0.15, 0.2) is 48.5 Å². The van der Waals surface area contributed by atoms with Gasteiger partial charge in [-0.25, -0.2) is 4.39 Å². The molecule has 7 heteroatoms. The lowest BCUT2D eigenvalue weighted by atomic mass is 9.81. The van der Waals surface area contributed by atoms with Crippen LogP contribution in [-0.2, 0) is 27.5 Å². The average Bonchev–Trinajstić information content (AvgIpc) is 2.64. The Labute approximate surface area is 163 Å². The molecule has 0 spiro atoms. The predicted molar refractivity (Wildman–Crippen MR) is 102 cm³/mol. The molecule has 136 valence electrons. The molecule has 0 saturated carbocycles. The summed E-state index contributed by atoms with van der Waals surface area (Å²) in [5, 5.41) is 1.22. The summed E-state index contributed by atoms with van der Waals surface area (Å²) in [7, 11) is 5.98. The number of carbonyl (C=O) groups is 1. The highest BCUT2D eigenvalue weighted by molar-refractivity contribution is 6.30. The Morgan fingerprint density at radius 2 is 1.46 bits per heavy atom. The van der Waals surface area contributed by atoms with Crippen LogP contribution in [-0.4, -0.2) is 33.0 Å². The highest BCUT2D eigenvalue weighted by atomic mass is 35.5. The van der Waals surface area contributed by atoms with Gasteiger partial charge in [0.2, 0.25) is 0 Å². The third-order valence-electron chi connectivity index (χ3n) is 3.71.